The highest BCUT2D eigenvalue weighted by atomic mass is 127. The molecule has 0 amide bonds. The number of H-pyrrole nitrogens is 1. The fourth-order valence-corrected chi connectivity index (χ4v) is 2.91. The fourth-order valence-electron chi connectivity index (χ4n) is 1.12. The zero-order valence-corrected chi connectivity index (χ0v) is 9.73. The number of carbonyl (C=O) groups is 1. The van der Waals surface area contributed by atoms with Crippen LogP contribution in [-0.2, 0) is 4.74 Å². The number of ether oxygens (including phenoxy) is 1. The van der Waals surface area contributed by atoms with Crippen molar-refractivity contribution < 1.29 is 9.53 Å². The third-order valence-corrected chi connectivity index (χ3v) is 3.70. The Morgan fingerprint density at radius 2 is 2.46 bits per heavy atom. The molecule has 0 aliphatic carbocycles. The molecule has 0 unspecified atom stereocenters. The van der Waals surface area contributed by atoms with Crippen LogP contribution >= 0.6 is 33.9 Å². The van der Waals surface area contributed by atoms with E-state index in [4.69, 9.17) is 0 Å². The van der Waals surface area contributed by atoms with Crippen LogP contribution in [0.5, 0.6) is 0 Å². The van der Waals surface area contributed by atoms with Gasteiger partial charge in [-0.2, -0.15) is 0 Å². The highest BCUT2D eigenvalue weighted by Crippen LogP contribution is 2.28. The van der Waals surface area contributed by atoms with Crippen molar-refractivity contribution in [1.82, 2.24) is 4.98 Å². The minimum absolute atomic E-state index is 0.312. The van der Waals surface area contributed by atoms with E-state index in [1.54, 1.807) is 11.3 Å². The van der Waals surface area contributed by atoms with Gasteiger partial charge in [0.2, 0.25) is 0 Å². The Morgan fingerprint density at radius 1 is 1.69 bits per heavy atom. The first kappa shape index (κ1) is 9.01. The first-order valence-corrected chi connectivity index (χ1v) is 5.53. The van der Waals surface area contributed by atoms with Crippen LogP contribution in [0.1, 0.15) is 10.5 Å². The molecule has 0 fully saturated rings. The summed E-state index contributed by atoms with van der Waals surface area (Å²) in [5, 5.41) is 3.08. The van der Waals surface area contributed by atoms with Gasteiger partial charge in [0.05, 0.1) is 10.7 Å². The summed E-state index contributed by atoms with van der Waals surface area (Å²) in [6, 6.07) is 1.99. The van der Waals surface area contributed by atoms with Crippen LogP contribution in [-0.4, -0.2) is 18.1 Å². The largest absolute Gasteiger partial charge is 0.464 e. The summed E-state index contributed by atoms with van der Waals surface area (Å²) >= 11 is 3.73. The van der Waals surface area contributed by atoms with Crippen LogP contribution in [0.2, 0.25) is 0 Å². The highest BCUT2D eigenvalue weighted by Gasteiger charge is 2.16. The van der Waals surface area contributed by atoms with E-state index in [-0.39, 0.29) is 5.97 Å². The van der Waals surface area contributed by atoms with Crippen LogP contribution in [0.3, 0.4) is 0 Å². The number of fused-ring (bicyclic) bond motifs is 1. The smallest absolute Gasteiger partial charge is 0.355 e. The fraction of sp³-hybridized carbons (Fsp3) is 0.125. The molecular formula is C8H6INO2S. The summed E-state index contributed by atoms with van der Waals surface area (Å²) in [6.45, 7) is 0. The molecule has 0 aromatic carbocycles. The number of hydrogen-bond acceptors (Lipinski definition) is 3. The molecular weight excluding hydrogens is 301 g/mol. The lowest BCUT2D eigenvalue weighted by molar-refractivity contribution is 0.0594. The number of esters is 1. The Kier molecular flexibility index (Phi) is 2.29. The number of rotatable bonds is 1. The van der Waals surface area contributed by atoms with Gasteiger partial charge >= 0.3 is 5.97 Å². The van der Waals surface area contributed by atoms with Crippen LogP contribution in [0.4, 0.5) is 0 Å². The zero-order chi connectivity index (χ0) is 9.42. The standard InChI is InChI=1S/C8H6INO2S/c1-12-8(11)6-5(9)4-2-3-13-7(4)10-6/h2-3,10H,1H3. The first-order chi connectivity index (χ1) is 6.24. The summed E-state index contributed by atoms with van der Waals surface area (Å²) < 4.78 is 5.58. The molecule has 0 saturated heterocycles. The summed E-state index contributed by atoms with van der Waals surface area (Å²) in [7, 11) is 1.38. The van der Waals surface area contributed by atoms with Gasteiger partial charge < -0.3 is 9.72 Å². The summed E-state index contributed by atoms with van der Waals surface area (Å²) in [5.74, 6) is -0.312. The highest BCUT2D eigenvalue weighted by molar-refractivity contribution is 14.1. The van der Waals surface area contributed by atoms with Gasteiger partial charge in [-0.25, -0.2) is 4.79 Å². The molecule has 1 N–H and O–H groups in total. The number of aromatic nitrogens is 1. The SMILES string of the molecule is COC(=O)c1[nH]c2sccc2c1I. The average Bonchev–Trinajstić information content (AvgIpc) is 2.68. The van der Waals surface area contributed by atoms with Crippen LogP contribution in [0.25, 0.3) is 10.2 Å². The van der Waals surface area contributed by atoms with Crippen molar-refractivity contribution in [3.05, 3.63) is 20.7 Å². The number of methoxy groups -OCH3 is 1. The predicted molar refractivity (Wildman–Crippen MR) is 60.2 cm³/mol. The predicted octanol–water partition coefficient (Wildman–Crippen LogP) is 2.62. The van der Waals surface area contributed by atoms with Gasteiger partial charge in [0, 0.05) is 5.39 Å². The maximum absolute atomic E-state index is 11.2. The molecule has 2 rings (SSSR count). The Labute approximate surface area is 92.2 Å². The van der Waals surface area contributed by atoms with Crippen LogP contribution < -0.4 is 0 Å². The Balaban J connectivity index is 2.64. The summed E-state index contributed by atoms with van der Waals surface area (Å²) in [4.78, 5) is 15.3. The Morgan fingerprint density at radius 3 is 3.08 bits per heavy atom. The Bertz CT molecular complexity index is 460. The zero-order valence-electron chi connectivity index (χ0n) is 6.76. The molecule has 5 heteroatoms. The van der Waals surface area contributed by atoms with Gasteiger partial charge in [-0.3, -0.25) is 0 Å². The topological polar surface area (TPSA) is 42.1 Å². The number of carbonyl (C=O) groups excluding carboxylic acids is 1. The lowest BCUT2D eigenvalue weighted by Gasteiger charge is -1.94. The molecule has 0 atom stereocenters. The lowest BCUT2D eigenvalue weighted by Crippen LogP contribution is -2.03. The maximum atomic E-state index is 11.2. The molecule has 68 valence electrons. The normalized spacial score (nSPS) is 10.6. The van der Waals surface area contributed by atoms with E-state index < -0.39 is 0 Å². The third kappa shape index (κ3) is 1.35. The molecule has 3 nitrogen and oxygen atoms in total. The molecule has 0 bridgehead atoms. The lowest BCUT2D eigenvalue weighted by atomic mass is 10.3. The molecule has 2 aromatic rings. The summed E-state index contributed by atoms with van der Waals surface area (Å²) in [6.07, 6.45) is 0. The van der Waals surface area contributed by atoms with Crippen molar-refractivity contribution in [2.45, 2.75) is 0 Å². The van der Waals surface area contributed by atoms with E-state index in [0.717, 1.165) is 13.8 Å². The number of hydrogen-bond donors (Lipinski definition) is 1. The van der Waals surface area contributed by atoms with Crippen molar-refractivity contribution in [1.29, 1.82) is 0 Å². The monoisotopic (exact) mass is 307 g/mol. The molecule has 13 heavy (non-hydrogen) atoms. The van der Waals surface area contributed by atoms with E-state index in [1.807, 2.05) is 11.4 Å². The van der Waals surface area contributed by atoms with Gasteiger partial charge in [0.15, 0.2) is 0 Å². The molecule has 0 aliphatic rings. The van der Waals surface area contributed by atoms with Gasteiger partial charge in [0.1, 0.15) is 10.5 Å². The van der Waals surface area contributed by atoms with Crippen molar-refractivity contribution in [3.8, 4) is 0 Å². The number of aromatic amines is 1. The maximum Gasteiger partial charge on any atom is 0.355 e. The van der Waals surface area contributed by atoms with E-state index in [2.05, 4.69) is 32.3 Å². The molecule has 0 radical (unpaired) electrons. The first-order valence-electron chi connectivity index (χ1n) is 3.57. The molecule has 2 aromatic heterocycles. The van der Waals surface area contributed by atoms with Crippen molar-refractivity contribution >= 4 is 50.1 Å². The van der Waals surface area contributed by atoms with E-state index in [1.165, 1.54) is 7.11 Å². The van der Waals surface area contributed by atoms with Gasteiger partial charge in [-0.1, -0.05) is 0 Å². The third-order valence-electron chi connectivity index (χ3n) is 1.75. The summed E-state index contributed by atoms with van der Waals surface area (Å²) in [5.41, 5.74) is 0.546. The number of nitrogens with one attached hydrogen (secondary N) is 1. The number of halogens is 1. The average molecular weight is 307 g/mol. The van der Waals surface area contributed by atoms with E-state index in [0.29, 0.717) is 5.69 Å². The second-order valence-corrected chi connectivity index (χ2v) is 4.46. The van der Waals surface area contributed by atoms with Crippen LogP contribution in [0.15, 0.2) is 11.4 Å². The van der Waals surface area contributed by atoms with Gasteiger partial charge in [-0.05, 0) is 34.0 Å². The molecule has 2 heterocycles. The minimum atomic E-state index is -0.312. The minimum Gasteiger partial charge on any atom is -0.464 e. The van der Waals surface area contributed by atoms with E-state index >= 15 is 0 Å². The second-order valence-electron chi connectivity index (χ2n) is 2.47. The molecule has 0 saturated carbocycles. The van der Waals surface area contributed by atoms with Crippen LogP contribution in [0, 0.1) is 3.57 Å². The molecule has 0 spiro atoms. The van der Waals surface area contributed by atoms with Crippen molar-refractivity contribution in [3.63, 3.8) is 0 Å². The van der Waals surface area contributed by atoms with E-state index in [9.17, 15) is 4.79 Å². The van der Waals surface area contributed by atoms with Gasteiger partial charge in [-0.15, -0.1) is 11.3 Å². The van der Waals surface area contributed by atoms with Crippen molar-refractivity contribution in [2.75, 3.05) is 7.11 Å². The second kappa shape index (κ2) is 3.30. The quantitative estimate of drug-likeness (QED) is 0.650. The Hall–Kier alpha value is -0.560. The number of thiophene rings is 1. The van der Waals surface area contributed by atoms with Gasteiger partial charge in [0.25, 0.3) is 0 Å². The van der Waals surface area contributed by atoms with Crippen molar-refractivity contribution in [2.24, 2.45) is 0 Å². The molecule has 0 aliphatic heterocycles.